The molecule has 1 atom stereocenters. The maximum atomic E-state index is 14.2. The zero-order chi connectivity index (χ0) is 20.7. The van der Waals surface area contributed by atoms with Gasteiger partial charge in [0, 0.05) is 18.8 Å². The van der Waals surface area contributed by atoms with E-state index in [2.05, 4.69) is 0 Å². The SMILES string of the molecule is CC(C)CC(C)n1cc(CCN(C)C)c(C(F)(F)F)c(F)c1=O.O=CO. The summed E-state index contributed by atoms with van der Waals surface area (Å²) in [5.41, 5.74) is -2.82. The van der Waals surface area contributed by atoms with Crippen LogP contribution in [0.1, 0.15) is 44.4 Å². The molecule has 0 spiro atoms. The number of rotatable bonds is 6. The Morgan fingerprint density at radius 2 is 1.77 bits per heavy atom. The van der Waals surface area contributed by atoms with Gasteiger partial charge in [-0.1, -0.05) is 13.8 Å². The first-order valence-corrected chi connectivity index (χ1v) is 8.10. The van der Waals surface area contributed by atoms with Crippen molar-refractivity contribution < 1.29 is 27.5 Å². The van der Waals surface area contributed by atoms with E-state index >= 15 is 0 Å². The predicted octanol–water partition coefficient (Wildman–Crippen LogP) is 3.42. The Labute approximate surface area is 150 Å². The number of carboxylic acid groups (broad SMARTS) is 1. The monoisotopic (exact) mass is 382 g/mol. The normalized spacial score (nSPS) is 12.7. The molecule has 0 fully saturated rings. The summed E-state index contributed by atoms with van der Waals surface area (Å²) >= 11 is 0. The lowest BCUT2D eigenvalue weighted by Gasteiger charge is -2.22. The summed E-state index contributed by atoms with van der Waals surface area (Å²) in [4.78, 5) is 22.1. The number of hydrogen-bond donors (Lipinski definition) is 1. The molecular formula is C17H26F4N2O3. The molecule has 0 saturated carbocycles. The Hall–Kier alpha value is -1.90. The van der Waals surface area contributed by atoms with E-state index in [1.54, 1.807) is 25.9 Å². The third-order valence-electron chi connectivity index (χ3n) is 3.66. The van der Waals surface area contributed by atoms with Gasteiger partial charge in [-0.2, -0.15) is 13.2 Å². The van der Waals surface area contributed by atoms with Gasteiger partial charge in [0.25, 0.3) is 12.0 Å². The van der Waals surface area contributed by atoms with Crippen LogP contribution >= 0.6 is 0 Å². The Kier molecular flexibility index (Phi) is 9.55. The Morgan fingerprint density at radius 3 is 2.15 bits per heavy atom. The zero-order valence-electron chi connectivity index (χ0n) is 15.6. The molecule has 1 rings (SSSR count). The first-order valence-electron chi connectivity index (χ1n) is 8.10. The minimum atomic E-state index is -4.88. The first kappa shape index (κ1) is 24.1. The van der Waals surface area contributed by atoms with Gasteiger partial charge in [0.05, 0.1) is 0 Å². The smallest absolute Gasteiger partial charge is 0.419 e. The largest absolute Gasteiger partial charge is 0.483 e. The second-order valence-corrected chi connectivity index (χ2v) is 6.69. The van der Waals surface area contributed by atoms with Crippen molar-refractivity contribution in [3.63, 3.8) is 0 Å². The minimum Gasteiger partial charge on any atom is -0.483 e. The summed E-state index contributed by atoms with van der Waals surface area (Å²) in [6.07, 6.45) is -3.11. The lowest BCUT2D eigenvalue weighted by atomic mass is 10.0. The fraction of sp³-hybridized carbons (Fsp3) is 0.647. The van der Waals surface area contributed by atoms with Crippen LogP contribution in [0.4, 0.5) is 17.6 Å². The molecule has 0 aliphatic heterocycles. The van der Waals surface area contributed by atoms with Crippen molar-refractivity contribution in [1.29, 1.82) is 0 Å². The van der Waals surface area contributed by atoms with Gasteiger partial charge in [-0.25, -0.2) is 4.39 Å². The highest BCUT2D eigenvalue weighted by Crippen LogP contribution is 2.33. The lowest BCUT2D eigenvalue weighted by molar-refractivity contribution is -0.141. The molecule has 5 nitrogen and oxygen atoms in total. The minimum absolute atomic E-state index is 0.0213. The molecule has 9 heteroatoms. The number of carbonyl (C=O) groups is 1. The molecule has 1 N–H and O–H groups in total. The van der Waals surface area contributed by atoms with Gasteiger partial charge < -0.3 is 14.6 Å². The number of pyridine rings is 1. The van der Waals surface area contributed by atoms with Crippen molar-refractivity contribution in [2.45, 2.75) is 45.8 Å². The molecule has 1 aromatic rings. The standard InChI is InChI=1S/C16H24F4N2O.CH2O2/c1-10(2)8-11(3)22-9-12(6-7-21(4)5)13(16(18,19)20)14(17)15(22)23;2-1-3/h9-11H,6-8H2,1-5H3;1H,(H,2,3). The number of hydrogen-bond acceptors (Lipinski definition) is 3. The second-order valence-electron chi connectivity index (χ2n) is 6.69. The topological polar surface area (TPSA) is 62.5 Å². The molecule has 0 saturated heterocycles. The summed E-state index contributed by atoms with van der Waals surface area (Å²) in [5.74, 6) is -1.46. The fourth-order valence-corrected chi connectivity index (χ4v) is 2.62. The van der Waals surface area contributed by atoms with E-state index < -0.39 is 23.1 Å². The van der Waals surface area contributed by atoms with Crippen molar-refractivity contribution >= 4 is 6.47 Å². The van der Waals surface area contributed by atoms with Gasteiger partial charge in [-0.15, -0.1) is 0 Å². The molecule has 0 aliphatic rings. The third-order valence-corrected chi connectivity index (χ3v) is 3.66. The summed E-state index contributed by atoms with van der Waals surface area (Å²) in [7, 11) is 3.45. The van der Waals surface area contributed by atoms with Crippen LogP contribution in [-0.4, -0.2) is 41.7 Å². The molecule has 0 aromatic carbocycles. The van der Waals surface area contributed by atoms with Crippen molar-refractivity contribution in [2.24, 2.45) is 5.92 Å². The average molecular weight is 382 g/mol. The maximum Gasteiger partial charge on any atom is 0.419 e. The third kappa shape index (κ3) is 7.15. The zero-order valence-corrected chi connectivity index (χ0v) is 15.6. The van der Waals surface area contributed by atoms with Crippen LogP contribution in [0.3, 0.4) is 0 Å². The molecular weight excluding hydrogens is 356 g/mol. The van der Waals surface area contributed by atoms with Crippen molar-refractivity contribution in [3.8, 4) is 0 Å². The van der Waals surface area contributed by atoms with E-state index in [-0.39, 0.29) is 30.4 Å². The van der Waals surface area contributed by atoms with Gasteiger partial charge in [-0.05, 0) is 45.3 Å². The molecule has 1 unspecified atom stereocenters. The molecule has 0 bridgehead atoms. The van der Waals surface area contributed by atoms with Crippen LogP contribution in [0.25, 0.3) is 0 Å². The number of alkyl halides is 3. The molecule has 0 amide bonds. The summed E-state index contributed by atoms with van der Waals surface area (Å²) in [6, 6.07) is -0.364. The van der Waals surface area contributed by atoms with E-state index in [0.29, 0.717) is 13.0 Å². The van der Waals surface area contributed by atoms with Gasteiger partial charge in [0.15, 0.2) is 0 Å². The van der Waals surface area contributed by atoms with E-state index in [1.165, 1.54) is 6.20 Å². The summed E-state index contributed by atoms with van der Waals surface area (Å²) in [5, 5.41) is 6.89. The molecule has 1 heterocycles. The Bertz CT molecular complexity index is 640. The van der Waals surface area contributed by atoms with Crippen molar-refractivity contribution in [1.82, 2.24) is 9.47 Å². The van der Waals surface area contributed by atoms with Crippen molar-refractivity contribution in [2.75, 3.05) is 20.6 Å². The molecule has 150 valence electrons. The number of likely N-dealkylation sites (N-methyl/N-ethyl adjacent to an activating group) is 1. The van der Waals surface area contributed by atoms with Crippen LogP contribution in [0.5, 0.6) is 0 Å². The molecule has 0 radical (unpaired) electrons. The second kappa shape index (κ2) is 10.3. The molecule has 0 aliphatic carbocycles. The predicted molar refractivity (Wildman–Crippen MR) is 90.8 cm³/mol. The lowest BCUT2D eigenvalue weighted by Crippen LogP contribution is -2.32. The number of nitrogens with zero attached hydrogens (tertiary/aromatic N) is 2. The highest BCUT2D eigenvalue weighted by Gasteiger charge is 2.39. The van der Waals surface area contributed by atoms with Crippen LogP contribution in [-0.2, 0) is 17.4 Å². The fourth-order valence-electron chi connectivity index (χ4n) is 2.62. The average Bonchev–Trinajstić information content (AvgIpc) is 2.46. The Morgan fingerprint density at radius 1 is 1.27 bits per heavy atom. The first-order chi connectivity index (χ1) is 11.9. The van der Waals surface area contributed by atoms with Gasteiger partial charge in [-0.3, -0.25) is 9.59 Å². The highest BCUT2D eigenvalue weighted by molar-refractivity contribution is 5.32. The summed E-state index contributed by atoms with van der Waals surface area (Å²) in [6.45, 7) is 5.67. The summed E-state index contributed by atoms with van der Waals surface area (Å²) < 4.78 is 54.7. The Balaban J connectivity index is 0.00000194. The van der Waals surface area contributed by atoms with E-state index in [1.807, 2.05) is 13.8 Å². The van der Waals surface area contributed by atoms with Crippen molar-refractivity contribution in [3.05, 3.63) is 33.5 Å². The van der Waals surface area contributed by atoms with E-state index in [4.69, 9.17) is 9.90 Å². The number of aromatic nitrogens is 1. The molecule has 1 aromatic heterocycles. The molecule has 26 heavy (non-hydrogen) atoms. The van der Waals surface area contributed by atoms with Gasteiger partial charge in [0.1, 0.15) is 5.56 Å². The van der Waals surface area contributed by atoms with Crippen LogP contribution < -0.4 is 5.56 Å². The van der Waals surface area contributed by atoms with Crippen LogP contribution in [0.2, 0.25) is 0 Å². The van der Waals surface area contributed by atoms with Gasteiger partial charge in [0.2, 0.25) is 5.82 Å². The van der Waals surface area contributed by atoms with E-state index in [0.717, 1.165) is 4.57 Å². The highest BCUT2D eigenvalue weighted by atomic mass is 19.4. The van der Waals surface area contributed by atoms with Crippen LogP contribution in [0.15, 0.2) is 11.0 Å². The van der Waals surface area contributed by atoms with Gasteiger partial charge >= 0.3 is 6.18 Å². The maximum absolute atomic E-state index is 14.2. The number of halogens is 4. The van der Waals surface area contributed by atoms with Crippen LogP contribution in [0, 0.1) is 11.7 Å². The quantitative estimate of drug-likeness (QED) is 0.605. The van der Waals surface area contributed by atoms with E-state index in [9.17, 15) is 22.4 Å².